The van der Waals surface area contributed by atoms with Gasteiger partial charge < -0.3 is 15.2 Å². The fourth-order valence-corrected chi connectivity index (χ4v) is 3.09. The van der Waals surface area contributed by atoms with Gasteiger partial charge in [0.15, 0.2) is 11.5 Å². The third kappa shape index (κ3) is 6.46. The number of amides is 3. The number of benzene rings is 2. The Bertz CT molecular complexity index is 984. The molecule has 3 amide bonds. The third-order valence-corrected chi connectivity index (χ3v) is 4.34. The summed E-state index contributed by atoms with van der Waals surface area (Å²) < 4.78 is 25.2. The monoisotopic (exact) mass is 509 g/mol. The molecular weight excluding hydrogens is 492 g/mol. The zero-order valence-corrected chi connectivity index (χ0v) is 17.5. The zero-order valence-electron chi connectivity index (χ0n) is 15.4. The Labute approximate surface area is 180 Å². The number of hydrogen-bond acceptors (Lipinski definition) is 5. The van der Waals surface area contributed by atoms with Crippen molar-refractivity contribution in [3.05, 3.63) is 62.5 Å². The molecule has 2 aromatic carbocycles. The van der Waals surface area contributed by atoms with Crippen molar-refractivity contribution in [2.75, 3.05) is 6.61 Å². The van der Waals surface area contributed by atoms with Gasteiger partial charge in [0.05, 0.1) is 10.2 Å². The minimum Gasteiger partial charge on any atom is -0.490 e. The van der Waals surface area contributed by atoms with E-state index in [1.54, 1.807) is 37.3 Å². The number of hydrogen-bond donors (Lipinski definition) is 2. The summed E-state index contributed by atoms with van der Waals surface area (Å²) in [6, 6.07) is 9.92. The molecule has 0 aromatic heterocycles. The van der Waals surface area contributed by atoms with E-state index in [2.05, 4.69) is 0 Å². The van der Waals surface area contributed by atoms with Gasteiger partial charge in [-0.25, -0.2) is 9.18 Å². The molecule has 0 fully saturated rings. The van der Waals surface area contributed by atoms with Gasteiger partial charge in [0.25, 0.3) is 5.91 Å². The molecule has 150 valence electrons. The van der Waals surface area contributed by atoms with Crippen LogP contribution in [0.1, 0.15) is 18.1 Å². The average Bonchev–Trinajstić information content (AvgIpc) is 2.66. The largest absolute Gasteiger partial charge is 0.490 e. The SMILES string of the molecule is CCOc1cc(/C=C(/C#N)C(=O)NC(N)=O)cc(I)c1OCc1ccc(F)cc1. The van der Waals surface area contributed by atoms with Gasteiger partial charge in [0, 0.05) is 0 Å². The number of primary amides is 1. The van der Waals surface area contributed by atoms with Gasteiger partial charge >= 0.3 is 6.03 Å². The van der Waals surface area contributed by atoms with E-state index in [0.29, 0.717) is 27.2 Å². The topological polar surface area (TPSA) is 114 Å². The molecule has 0 unspecified atom stereocenters. The van der Waals surface area contributed by atoms with Crippen LogP contribution >= 0.6 is 22.6 Å². The molecule has 2 aromatic rings. The first-order valence-electron chi connectivity index (χ1n) is 8.40. The van der Waals surface area contributed by atoms with Gasteiger partial charge in [-0.2, -0.15) is 5.26 Å². The lowest BCUT2D eigenvalue weighted by Crippen LogP contribution is -2.35. The van der Waals surface area contributed by atoms with Crippen LogP contribution < -0.4 is 20.5 Å². The van der Waals surface area contributed by atoms with Crippen LogP contribution in [0.2, 0.25) is 0 Å². The number of nitrogens with zero attached hydrogens (tertiary/aromatic N) is 1. The van der Waals surface area contributed by atoms with Crippen LogP contribution in [-0.2, 0) is 11.4 Å². The number of nitrogens with two attached hydrogens (primary N) is 1. The molecule has 0 bridgehead atoms. The van der Waals surface area contributed by atoms with Crippen LogP contribution in [0.5, 0.6) is 11.5 Å². The van der Waals surface area contributed by atoms with Crippen molar-refractivity contribution in [3.63, 3.8) is 0 Å². The number of nitriles is 1. The fraction of sp³-hybridized carbons (Fsp3) is 0.150. The second kappa shape index (κ2) is 10.4. The van der Waals surface area contributed by atoms with E-state index in [1.165, 1.54) is 18.2 Å². The quantitative estimate of drug-likeness (QED) is 0.337. The maximum Gasteiger partial charge on any atom is 0.319 e. The van der Waals surface area contributed by atoms with Gasteiger partial charge in [-0.15, -0.1) is 0 Å². The zero-order chi connectivity index (χ0) is 21.4. The minimum atomic E-state index is -1.05. The Morgan fingerprint density at radius 2 is 1.97 bits per heavy atom. The van der Waals surface area contributed by atoms with Crippen molar-refractivity contribution in [1.82, 2.24) is 5.32 Å². The molecule has 0 aliphatic carbocycles. The van der Waals surface area contributed by atoms with E-state index in [0.717, 1.165) is 5.56 Å². The van der Waals surface area contributed by atoms with Crippen molar-refractivity contribution in [2.24, 2.45) is 5.73 Å². The highest BCUT2D eigenvalue weighted by Gasteiger charge is 2.15. The second-order valence-electron chi connectivity index (χ2n) is 5.67. The van der Waals surface area contributed by atoms with Crippen LogP contribution in [-0.4, -0.2) is 18.5 Å². The number of halogens is 2. The molecule has 29 heavy (non-hydrogen) atoms. The van der Waals surface area contributed by atoms with Gasteiger partial charge in [0.2, 0.25) is 0 Å². The molecule has 7 nitrogen and oxygen atoms in total. The Morgan fingerprint density at radius 1 is 1.28 bits per heavy atom. The van der Waals surface area contributed by atoms with E-state index in [9.17, 15) is 19.2 Å². The first kappa shape index (κ1) is 22.2. The lowest BCUT2D eigenvalue weighted by atomic mass is 10.1. The van der Waals surface area contributed by atoms with Crippen molar-refractivity contribution in [2.45, 2.75) is 13.5 Å². The molecule has 0 saturated heterocycles. The summed E-state index contributed by atoms with van der Waals surface area (Å²) in [4.78, 5) is 22.7. The highest BCUT2D eigenvalue weighted by atomic mass is 127. The van der Waals surface area contributed by atoms with Crippen molar-refractivity contribution in [1.29, 1.82) is 5.26 Å². The summed E-state index contributed by atoms with van der Waals surface area (Å²) in [5.41, 5.74) is 5.90. The third-order valence-electron chi connectivity index (χ3n) is 3.54. The Morgan fingerprint density at radius 3 is 2.55 bits per heavy atom. The van der Waals surface area contributed by atoms with E-state index in [-0.39, 0.29) is 18.0 Å². The molecule has 3 N–H and O–H groups in total. The minimum absolute atomic E-state index is 0.204. The van der Waals surface area contributed by atoms with Crippen LogP contribution in [0.3, 0.4) is 0 Å². The van der Waals surface area contributed by atoms with Crippen LogP contribution in [0, 0.1) is 20.7 Å². The number of carbonyl (C=O) groups is 2. The molecule has 0 heterocycles. The molecule has 2 rings (SSSR count). The molecule has 0 aliphatic heterocycles. The summed E-state index contributed by atoms with van der Waals surface area (Å²) in [5.74, 6) is -0.331. The van der Waals surface area contributed by atoms with Crippen molar-refractivity contribution < 1.29 is 23.5 Å². The van der Waals surface area contributed by atoms with Crippen LogP contribution in [0.4, 0.5) is 9.18 Å². The lowest BCUT2D eigenvalue weighted by Gasteiger charge is -2.15. The van der Waals surface area contributed by atoms with E-state index >= 15 is 0 Å². The van der Waals surface area contributed by atoms with Crippen molar-refractivity contribution >= 4 is 40.6 Å². The normalized spacial score (nSPS) is 10.8. The smallest absolute Gasteiger partial charge is 0.319 e. The maximum absolute atomic E-state index is 13.0. The number of ether oxygens (including phenoxy) is 2. The molecule has 0 aliphatic rings. The standard InChI is InChI=1S/C20H17FIN3O4/c1-2-28-17-9-13(7-14(10-23)19(26)25-20(24)27)8-16(22)18(17)29-11-12-3-5-15(21)6-4-12/h3-9H,2,11H2,1H3,(H3,24,25,26,27)/b14-7-. The van der Waals surface area contributed by atoms with Crippen LogP contribution in [0.15, 0.2) is 42.0 Å². The average molecular weight is 509 g/mol. The van der Waals surface area contributed by atoms with E-state index in [4.69, 9.17) is 15.2 Å². The molecule has 0 atom stereocenters. The highest BCUT2D eigenvalue weighted by Crippen LogP contribution is 2.35. The Balaban J connectivity index is 2.32. The van der Waals surface area contributed by atoms with Gasteiger partial charge in [-0.05, 0) is 71.0 Å². The molecule has 0 spiro atoms. The van der Waals surface area contributed by atoms with E-state index < -0.39 is 11.9 Å². The number of imide groups is 1. The predicted octanol–water partition coefficient (Wildman–Crippen LogP) is 3.51. The van der Waals surface area contributed by atoms with Gasteiger partial charge in [0.1, 0.15) is 24.1 Å². The van der Waals surface area contributed by atoms with Crippen LogP contribution in [0.25, 0.3) is 6.08 Å². The summed E-state index contributed by atoms with van der Waals surface area (Å²) in [5, 5.41) is 11.0. The first-order chi connectivity index (χ1) is 13.8. The van der Waals surface area contributed by atoms with Gasteiger partial charge in [-0.1, -0.05) is 12.1 Å². The summed E-state index contributed by atoms with van der Waals surface area (Å²) >= 11 is 2.04. The number of rotatable bonds is 7. The molecule has 9 heteroatoms. The number of carbonyl (C=O) groups excluding carboxylic acids is 2. The first-order valence-corrected chi connectivity index (χ1v) is 9.48. The second-order valence-corrected chi connectivity index (χ2v) is 6.83. The number of urea groups is 1. The Hall–Kier alpha value is -3.13. The van der Waals surface area contributed by atoms with E-state index in [1.807, 2.05) is 27.9 Å². The summed E-state index contributed by atoms with van der Waals surface area (Å²) in [7, 11) is 0. The lowest BCUT2D eigenvalue weighted by molar-refractivity contribution is -0.115. The van der Waals surface area contributed by atoms with Crippen molar-refractivity contribution in [3.8, 4) is 17.6 Å². The Kier molecular flexibility index (Phi) is 7.97. The molecular formula is C20H17FIN3O4. The fourth-order valence-electron chi connectivity index (χ4n) is 2.30. The summed E-state index contributed by atoms with van der Waals surface area (Å²) in [6.07, 6.45) is 1.31. The predicted molar refractivity (Wildman–Crippen MR) is 112 cm³/mol. The molecule has 0 radical (unpaired) electrons. The summed E-state index contributed by atoms with van der Waals surface area (Å²) in [6.45, 7) is 2.37. The number of nitrogens with one attached hydrogen (secondary N) is 1. The van der Waals surface area contributed by atoms with Gasteiger partial charge in [-0.3, -0.25) is 10.1 Å². The maximum atomic E-state index is 13.0. The molecule has 0 saturated carbocycles. The highest BCUT2D eigenvalue weighted by molar-refractivity contribution is 14.1.